The molecule has 1 aromatic heterocycles. The number of carbonyl (C=O) groups excluding carboxylic acids is 2. The number of thiazole rings is 1. The van der Waals surface area contributed by atoms with Crippen molar-refractivity contribution in [2.24, 2.45) is 0 Å². The first-order chi connectivity index (χ1) is 12.9. The number of nitrogens with one attached hydrogen (secondary N) is 1. The van der Waals surface area contributed by atoms with Crippen LogP contribution < -0.4 is 10.1 Å². The zero-order chi connectivity index (χ0) is 19.4. The number of carbonyl (C=O) groups is 2. The largest absolute Gasteiger partial charge is 0.435 e. The summed E-state index contributed by atoms with van der Waals surface area (Å²) < 4.78 is 28.6. The van der Waals surface area contributed by atoms with Crippen molar-refractivity contribution in [1.82, 2.24) is 4.98 Å². The van der Waals surface area contributed by atoms with Gasteiger partial charge in [0.25, 0.3) is 5.91 Å². The molecule has 0 bridgehead atoms. The van der Waals surface area contributed by atoms with E-state index in [4.69, 9.17) is 0 Å². The summed E-state index contributed by atoms with van der Waals surface area (Å²) in [4.78, 5) is 29.1. The van der Waals surface area contributed by atoms with E-state index in [1.807, 2.05) is 30.3 Å². The molecule has 5 nitrogen and oxygen atoms in total. The van der Waals surface area contributed by atoms with Gasteiger partial charge < -0.3 is 4.74 Å². The number of ether oxygens (including phenoxy) is 1. The lowest BCUT2D eigenvalue weighted by Gasteiger charge is -2.05. The molecule has 3 rings (SSSR count). The van der Waals surface area contributed by atoms with Crippen molar-refractivity contribution in [2.45, 2.75) is 13.5 Å². The summed E-state index contributed by atoms with van der Waals surface area (Å²) in [5.74, 6) is -0.663. The van der Waals surface area contributed by atoms with E-state index in [9.17, 15) is 18.4 Å². The number of rotatable bonds is 6. The molecule has 27 heavy (non-hydrogen) atoms. The van der Waals surface area contributed by atoms with Crippen molar-refractivity contribution in [3.8, 4) is 17.0 Å². The Bertz CT molecular complexity index is 957. The minimum absolute atomic E-state index is 0.0407. The molecule has 0 aliphatic carbocycles. The summed E-state index contributed by atoms with van der Waals surface area (Å²) in [6.45, 7) is -1.49. The van der Waals surface area contributed by atoms with Gasteiger partial charge in [-0.1, -0.05) is 41.7 Å². The molecular weight excluding hydrogens is 374 g/mol. The number of hydrogen-bond donors (Lipinski definition) is 1. The third-order valence-electron chi connectivity index (χ3n) is 3.56. The fraction of sp³-hybridized carbons (Fsp3) is 0.105. The fourth-order valence-corrected chi connectivity index (χ4v) is 3.24. The number of alkyl halides is 2. The molecular formula is C19H14F2N2O3S. The predicted molar refractivity (Wildman–Crippen MR) is 98.6 cm³/mol. The first-order valence-electron chi connectivity index (χ1n) is 7.87. The van der Waals surface area contributed by atoms with Crippen LogP contribution in [0.15, 0.2) is 54.6 Å². The van der Waals surface area contributed by atoms with E-state index < -0.39 is 12.5 Å². The van der Waals surface area contributed by atoms with Gasteiger partial charge in [-0.2, -0.15) is 8.78 Å². The first kappa shape index (κ1) is 18.7. The van der Waals surface area contributed by atoms with Crippen LogP contribution in [0, 0.1) is 0 Å². The lowest BCUT2D eigenvalue weighted by Crippen LogP contribution is -2.11. The number of aromatic nitrogens is 1. The topological polar surface area (TPSA) is 68.3 Å². The van der Waals surface area contributed by atoms with Gasteiger partial charge in [0.15, 0.2) is 10.9 Å². The van der Waals surface area contributed by atoms with Crippen LogP contribution in [0.2, 0.25) is 0 Å². The second-order valence-electron chi connectivity index (χ2n) is 5.48. The van der Waals surface area contributed by atoms with Crippen molar-refractivity contribution in [3.05, 3.63) is 65.0 Å². The van der Waals surface area contributed by atoms with E-state index in [1.165, 1.54) is 31.2 Å². The molecule has 1 heterocycles. The van der Waals surface area contributed by atoms with Crippen LogP contribution in [0.25, 0.3) is 11.3 Å². The van der Waals surface area contributed by atoms with Crippen LogP contribution in [-0.4, -0.2) is 23.3 Å². The number of hydrogen-bond acceptors (Lipinski definition) is 5. The zero-order valence-corrected chi connectivity index (χ0v) is 14.9. The van der Waals surface area contributed by atoms with Gasteiger partial charge in [-0.3, -0.25) is 14.9 Å². The predicted octanol–water partition coefficient (Wildman–Crippen LogP) is 4.87. The molecule has 0 aliphatic heterocycles. The maximum absolute atomic E-state index is 12.4. The zero-order valence-electron chi connectivity index (χ0n) is 14.1. The van der Waals surface area contributed by atoms with Crippen LogP contribution in [0.3, 0.4) is 0 Å². The summed E-state index contributed by atoms with van der Waals surface area (Å²) in [5.41, 5.74) is 1.52. The maximum atomic E-state index is 12.4. The minimum atomic E-state index is -2.93. The van der Waals surface area contributed by atoms with Crippen LogP contribution in [-0.2, 0) is 0 Å². The lowest BCUT2D eigenvalue weighted by molar-refractivity contribution is -0.0498. The number of anilines is 1. The molecule has 0 radical (unpaired) electrons. The van der Waals surface area contributed by atoms with Gasteiger partial charge >= 0.3 is 6.61 Å². The van der Waals surface area contributed by atoms with E-state index in [1.54, 1.807) is 0 Å². The molecule has 0 unspecified atom stereocenters. The molecule has 138 valence electrons. The number of nitrogens with zero attached hydrogens (tertiary/aromatic N) is 1. The lowest BCUT2D eigenvalue weighted by atomic mass is 10.1. The molecule has 3 aromatic rings. The minimum Gasteiger partial charge on any atom is -0.435 e. The van der Waals surface area contributed by atoms with Gasteiger partial charge in [-0.05, 0) is 24.3 Å². The van der Waals surface area contributed by atoms with E-state index in [0.29, 0.717) is 10.6 Å². The summed E-state index contributed by atoms with van der Waals surface area (Å²) in [7, 11) is 0. The summed E-state index contributed by atoms with van der Waals surface area (Å²) in [5, 5.41) is 2.91. The Balaban J connectivity index is 1.81. The van der Waals surface area contributed by atoms with Gasteiger partial charge in [-0.25, -0.2) is 4.98 Å². The Morgan fingerprint density at radius 1 is 1.07 bits per heavy atom. The average Bonchev–Trinajstić information content (AvgIpc) is 3.06. The van der Waals surface area contributed by atoms with Gasteiger partial charge in [-0.15, -0.1) is 0 Å². The average molecular weight is 388 g/mol. The molecule has 0 spiro atoms. The maximum Gasteiger partial charge on any atom is 0.387 e. The molecule has 1 N–H and O–H groups in total. The third kappa shape index (κ3) is 4.53. The highest BCUT2D eigenvalue weighted by atomic mass is 32.1. The molecule has 0 fully saturated rings. The highest BCUT2D eigenvalue weighted by molar-refractivity contribution is 7.18. The molecule has 0 atom stereocenters. The molecule has 0 saturated carbocycles. The van der Waals surface area contributed by atoms with Crippen molar-refractivity contribution in [2.75, 3.05) is 5.32 Å². The second kappa shape index (κ2) is 8.05. The molecule has 1 amide bonds. The van der Waals surface area contributed by atoms with Crippen LogP contribution in [0.5, 0.6) is 5.75 Å². The Labute approximate surface area is 157 Å². The van der Waals surface area contributed by atoms with Gasteiger partial charge in [0.05, 0.1) is 10.6 Å². The van der Waals surface area contributed by atoms with Gasteiger partial charge in [0.2, 0.25) is 0 Å². The Morgan fingerprint density at radius 2 is 1.74 bits per heavy atom. The van der Waals surface area contributed by atoms with Gasteiger partial charge in [0, 0.05) is 18.1 Å². The number of amides is 1. The number of ketones is 1. The first-order valence-corrected chi connectivity index (χ1v) is 8.69. The smallest absolute Gasteiger partial charge is 0.387 e. The molecule has 0 saturated heterocycles. The Morgan fingerprint density at radius 3 is 2.33 bits per heavy atom. The molecule has 8 heteroatoms. The van der Waals surface area contributed by atoms with E-state index in [-0.39, 0.29) is 22.2 Å². The van der Waals surface area contributed by atoms with Crippen molar-refractivity contribution < 1.29 is 23.1 Å². The molecule has 2 aromatic carbocycles. The van der Waals surface area contributed by atoms with Gasteiger partial charge in [0.1, 0.15) is 5.75 Å². The Hall–Kier alpha value is -3.13. The summed E-state index contributed by atoms with van der Waals surface area (Å²) >= 11 is 1.08. The monoisotopic (exact) mass is 388 g/mol. The summed E-state index contributed by atoms with van der Waals surface area (Å²) in [6.07, 6.45) is 0. The standard InChI is InChI=1S/C19H14F2N2O3S/c1-11(24)16-15(12-5-3-2-4-6-12)22-19(27-16)23-17(25)13-7-9-14(10-8-13)26-18(20)21/h2-10,18H,1H3,(H,22,23,25). The third-order valence-corrected chi connectivity index (χ3v) is 4.63. The number of Topliss-reactive ketones (excluding diaryl/α,β-unsaturated/α-hetero) is 1. The number of halogens is 2. The Kier molecular flexibility index (Phi) is 5.56. The van der Waals surface area contributed by atoms with Crippen molar-refractivity contribution >= 4 is 28.2 Å². The highest BCUT2D eigenvalue weighted by Crippen LogP contribution is 2.31. The SMILES string of the molecule is CC(=O)c1sc(NC(=O)c2ccc(OC(F)F)cc2)nc1-c1ccccc1. The van der Waals surface area contributed by atoms with Crippen LogP contribution in [0.1, 0.15) is 27.0 Å². The normalized spacial score (nSPS) is 10.7. The van der Waals surface area contributed by atoms with Crippen LogP contribution in [0.4, 0.5) is 13.9 Å². The fourth-order valence-electron chi connectivity index (χ4n) is 2.36. The second-order valence-corrected chi connectivity index (χ2v) is 6.48. The quantitative estimate of drug-likeness (QED) is 0.612. The highest BCUT2D eigenvalue weighted by Gasteiger charge is 2.18. The van der Waals surface area contributed by atoms with E-state index in [2.05, 4.69) is 15.0 Å². The summed E-state index contributed by atoms with van der Waals surface area (Å²) in [6, 6.07) is 14.5. The molecule has 0 aliphatic rings. The van der Waals surface area contributed by atoms with E-state index in [0.717, 1.165) is 16.9 Å². The van der Waals surface area contributed by atoms with Crippen LogP contribution >= 0.6 is 11.3 Å². The van der Waals surface area contributed by atoms with E-state index >= 15 is 0 Å². The van der Waals surface area contributed by atoms with Crippen molar-refractivity contribution in [1.29, 1.82) is 0 Å². The number of benzene rings is 2. The van der Waals surface area contributed by atoms with Crippen molar-refractivity contribution in [3.63, 3.8) is 0 Å².